The van der Waals surface area contributed by atoms with Crippen LogP contribution < -0.4 is 10.6 Å². The summed E-state index contributed by atoms with van der Waals surface area (Å²) in [5.41, 5.74) is 2.41. The van der Waals surface area contributed by atoms with Gasteiger partial charge in [-0.1, -0.05) is 6.07 Å². The van der Waals surface area contributed by atoms with Crippen LogP contribution in [0, 0.1) is 12.8 Å². The summed E-state index contributed by atoms with van der Waals surface area (Å²) in [5, 5.41) is 5.82. The van der Waals surface area contributed by atoms with E-state index in [0.717, 1.165) is 29.8 Å². The summed E-state index contributed by atoms with van der Waals surface area (Å²) >= 11 is 0. The molecule has 2 N–H and O–H groups in total. The first-order valence-electron chi connectivity index (χ1n) is 7.68. The van der Waals surface area contributed by atoms with Crippen molar-refractivity contribution in [1.82, 2.24) is 4.90 Å². The molecule has 1 saturated heterocycles. The molecule has 0 radical (unpaired) electrons. The molecule has 0 bridgehead atoms. The highest BCUT2D eigenvalue weighted by Crippen LogP contribution is 2.30. The molecule has 1 aliphatic heterocycles. The molecule has 2 aliphatic rings. The van der Waals surface area contributed by atoms with E-state index in [2.05, 4.69) is 10.6 Å². The Labute approximate surface area is 129 Å². The average Bonchev–Trinajstić information content (AvgIpc) is 3.36. The standard InChI is InChI=1S/C16H21N3O3/c1-11-2-5-13(17-15(20)12-3-4-12)10-14(11)18-16(21)19-6-8-22-9-7-19/h2,5,10,12H,3-4,6-9H2,1H3,(H,17,20)(H,18,21). The van der Waals surface area contributed by atoms with Crippen molar-refractivity contribution in [3.63, 3.8) is 0 Å². The van der Waals surface area contributed by atoms with Crippen molar-refractivity contribution in [2.45, 2.75) is 19.8 Å². The number of hydrogen-bond donors (Lipinski definition) is 2. The van der Waals surface area contributed by atoms with Crippen LogP contribution in [0.15, 0.2) is 18.2 Å². The minimum Gasteiger partial charge on any atom is -0.378 e. The molecule has 118 valence electrons. The van der Waals surface area contributed by atoms with Crippen LogP contribution in [-0.2, 0) is 9.53 Å². The molecule has 3 rings (SSSR count). The maximum absolute atomic E-state index is 12.2. The Hall–Kier alpha value is -2.08. The number of aryl methyl sites for hydroxylation is 1. The molecule has 22 heavy (non-hydrogen) atoms. The molecule has 1 saturated carbocycles. The Morgan fingerprint density at radius 2 is 1.91 bits per heavy atom. The number of anilines is 2. The van der Waals surface area contributed by atoms with Gasteiger partial charge in [-0.15, -0.1) is 0 Å². The highest BCUT2D eigenvalue weighted by atomic mass is 16.5. The van der Waals surface area contributed by atoms with Gasteiger partial charge < -0.3 is 20.3 Å². The summed E-state index contributed by atoms with van der Waals surface area (Å²) in [4.78, 5) is 25.8. The molecule has 1 aromatic carbocycles. The molecule has 6 heteroatoms. The van der Waals surface area contributed by atoms with E-state index in [0.29, 0.717) is 26.3 Å². The van der Waals surface area contributed by atoms with Gasteiger partial charge in [0.05, 0.1) is 13.2 Å². The average molecular weight is 303 g/mol. The molecule has 0 aromatic heterocycles. The SMILES string of the molecule is Cc1ccc(NC(=O)C2CC2)cc1NC(=O)N1CCOCC1. The number of amides is 3. The number of urea groups is 1. The third-order valence-electron chi connectivity index (χ3n) is 3.99. The predicted molar refractivity (Wildman–Crippen MR) is 83.9 cm³/mol. The van der Waals surface area contributed by atoms with Crippen molar-refractivity contribution in [1.29, 1.82) is 0 Å². The molecular weight excluding hydrogens is 282 g/mol. The fourth-order valence-electron chi connectivity index (χ4n) is 2.38. The van der Waals surface area contributed by atoms with Crippen LogP contribution in [0.2, 0.25) is 0 Å². The molecule has 1 aromatic rings. The van der Waals surface area contributed by atoms with Gasteiger partial charge in [-0.05, 0) is 37.5 Å². The summed E-state index contributed by atoms with van der Waals surface area (Å²) in [6, 6.07) is 5.45. The van der Waals surface area contributed by atoms with Crippen molar-refractivity contribution >= 4 is 23.3 Å². The number of hydrogen-bond acceptors (Lipinski definition) is 3. The minimum absolute atomic E-state index is 0.0642. The molecule has 3 amide bonds. The van der Waals surface area contributed by atoms with Crippen molar-refractivity contribution in [2.24, 2.45) is 5.92 Å². The number of carbonyl (C=O) groups excluding carboxylic acids is 2. The lowest BCUT2D eigenvalue weighted by atomic mass is 10.1. The Morgan fingerprint density at radius 1 is 1.18 bits per heavy atom. The second-order valence-electron chi connectivity index (χ2n) is 5.82. The van der Waals surface area contributed by atoms with E-state index in [9.17, 15) is 9.59 Å². The molecule has 6 nitrogen and oxygen atoms in total. The van der Waals surface area contributed by atoms with Crippen molar-refractivity contribution in [2.75, 3.05) is 36.9 Å². The van der Waals surface area contributed by atoms with E-state index in [1.54, 1.807) is 4.90 Å². The second-order valence-corrected chi connectivity index (χ2v) is 5.82. The van der Waals surface area contributed by atoms with Crippen LogP contribution in [0.4, 0.5) is 16.2 Å². The number of benzene rings is 1. The first kappa shape index (κ1) is 14.8. The highest BCUT2D eigenvalue weighted by Gasteiger charge is 2.29. The molecular formula is C16H21N3O3. The van der Waals surface area contributed by atoms with Gasteiger partial charge in [0.2, 0.25) is 5.91 Å². The lowest BCUT2D eigenvalue weighted by Gasteiger charge is -2.27. The van der Waals surface area contributed by atoms with Crippen LogP contribution >= 0.6 is 0 Å². The summed E-state index contributed by atoms with van der Waals surface area (Å²) < 4.78 is 5.25. The molecule has 0 unspecified atom stereocenters. The van der Waals surface area contributed by atoms with Crippen molar-refractivity contribution < 1.29 is 14.3 Å². The molecule has 2 fully saturated rings. The minimum atomic E-state index is -0.128. The summed E-state index contributed by atoms with van der Waals surface area (Å²) in [6.07, 6.45) is 1.94. The van der Waals surface area contributed by atoms with Crippen LogP contribution in [0.5, 0.6) is 0 Å². The summed E-state index contributed by atoms with van der Waals surface area (Å²) in [5.74, 6) is 0.224. The maximum atomic E-state index is 12.2. The number of ether oxygens (including phenoxy) is 1. The Morgan fingerprint density at radius 3 is 2.59 bits per heavy atom. The zero-order chi connectivity index (χ0) is 15.5. The molecule has 0 atom stereocenters. The van der Waals surface area contributed by atoms with Gasteiger partial charge in [-0.25, -0.2) is 4.79 Å². The number of nitrogens with zero attached hydrogens (tertiary/aromatic N) is 1. The lowest BCUT2D eigenvalue weighted by Crippen LogP contribution is -2.43. The number of morpholine rings is 1. The van der Waals surface area contributed by atoms with Gasteiger partial charge in [0.1, 0.15) is 0 Å². The van der Waals surface area contributed by atoms with Crippen molar-refractivity contribution in [3.05, 3.63) is 23.8 Å². The fraction of sp³-hybridized carbons (Fsp3) is 0.500. The quantitative estimate of drug-likeness (QED) is 0.899. The summed E-state index contributed by atoms with van der Waals surface area (Å²) in [6.45, 7) is 4.28. The summed E-state index contributed by atoms with van der Waals surface area (Å²) in [7, 11) is 0. The van der Waals surface area contributed by atoms with Crippen LogP contribution in [0.3, 0.4) is 0 Å². The molecule has 1 heterocycles. The first-order valence-corrected chi connectivity index (χ1v) is 7.68. The van der Waals surface area contributed by atoms with Gasteiger partial charge in [-0.2, -0.15) is 0 Å². The highest BCUT2D eigenvalue weighted by molar-refractivity contribution is 5.96. The molecule has 0 spiro atoms. The van der Waals surface area contributed by atoms with E-state index in [-0.39, 0.29) is 17.9 Å². The zero-order valence-corrected chi connectivity index (χ0v) is 12.7. The van der Waals surface area contributed by atoms with Gasteiger partial charge in [0.15, 0.2) is 0 Å². The third kappa shape index (κ3) is 3.57. The van der Waals surface area contributed by atoms with Crippen LogP contribution in [0.1, 0.15) is 18.4 Å². The Balaban J connectivity index is 1.66. The second kappa shape index (κ2) is 6.36. The van der Waals surface area contributed by atoms with Crippen LogP contribution in [-0.4, -0.2) is 43.1 Å². The van der Waals surface area contributed by atoms with Gasteiger partial charge in [0.25, 0.3) is 0 Å². The fourth-order valence-corrected chi connectivity index (χ4v) is 2.38. The predicted octanol–water partition coefficient (Wildman–Crippen LogP) is 2.21. The van der Waals surface area contributed by atoms with E-state index in [4.69, 9.17) is 4.74 Å². The maximum Gasteiger partial charge on any atom is 0.322 e. The third-order valence-corrected chi connectivity index (χ3v) is 3.99. The molecule has 1 aliphatic carbocycles. The normalized spacial score (nSPS) is 18.0. The number of nitrogens with one attached hydrogen (secondary N) is 2. The van der Waals surface area contributed by atoms with E-state index >= 15 is 0 Å². The first-order chi connectivity index (χ1) is 10.6. The zero-order valence-electron chi connectivity index (χ0n) is 12.7. The van der Waals surface area contributed by atoms with E-state index in [1.165, 1.54) is 0 Å². The van der Waals surface area contributed by atoms with Crippen molar-refractivity contribution in [3.8, 4) is 0 Å². The van der Waals surface area contributed by atoms with Gasteiger partial charge >= 0.3 is 6.03 Å². The Kier molecular flexibility index (Phi) is 4.29. The lowest BCUT2D eigenvalue weighted by molar-refractivity contribution is -0.117. The monoisotopic (exact) mass is 303 g/mol. The largest absolute Gasteiger partial charge is 0.378 e. The smallest absolute Gasteiger partial charge is 0.322 e. The number of rotatable bonds is 3. The van der Waals surface area contributed by atoms with E-state index < -0.39 is 0 Å². The van der Waals surface area contributed by atoms with Gasteiger partial charge in [0, 0.05) is 30.4 Å². The van der Waals surface area contributed by atoms with Gasteiger partial charge in [-0.3, -0.25) is 4.79 Å². The van der Waals surface area contributed by atoms with E-state index in [1.807, 2.05) is 25.1 Å². The van der Waals surface area contributed by atoms with Crippen LogP contribution in [0.25, 0.3) is 0 Å². The number of carbonyl (C=O) groups is 2. The Bertz CT molecular complexity index is 578. The topological polar surface area (TPSA) is 70.7 Å².